The summed E-state index contributed by atoms with van der Waals surface area (Å²) in [5.41, 5.74) is 2.92. The van der Waals surface area contributed by atoms with Crippen LogP contribution in [-0.2, 0) is 13.1 Å². The van der Waals surface area contributed by atoms with Gasteiger partial charge in [0.25, 0.3) is 11.8 Å². The van der Waals surface area contributed by atoms with Crippen molar-refractivity contribution in [1.29, 1.82) is 0 Å². The molecule has 0 radical (unpaired) electrons. The molecule has 0 aliphatic heterocycles. The molecule has 3 rings (SSSR count). The summed E-state index contributed by atoms with van der Waals surface area (Å²) in [5, 5.41) is 10.3. The van der Waals surface area contributed by atoms with Gasteiger partial charge in [-0.1, -0.05) is 31.5 Å². The number of halogens is 1. The lowest BCUT2D eigenvalue weighted by Crippen LogP contribution is -2.23. The van der Waals surface area contributed by atoms with Gasteiger partial charge in [0.2, 0.25) is 0 Å². The largest absolute Gasteiger partial charge is 0.346 e. The van der Waals surface area contributed by atoms with E-state index in [1.54, 1.807) is 35.1 Å². The number of aromatic nitrogens is 3. The number of benzene rings is 1. The molecule has 1 aromatic carbocycles. The molecular formula is C22H24ClN5O2. The van der Waals surface area contributed by atoms with Gasteiger partial charge in [0.1, 0.15) is 5.69 Å². The number of carbonyl (C=O) groups is 2. The van der Waals surface area contributed by atoms with Gasteiger partial charge in [-0.05, 0) is 49.2 Å². The third-order valence-corrected chi connectivity index (χ3v) is 4.86. The topological polar surface area (TPSA) is 88.9 Å². The van der Waals surface area contributed by atoms with E-state index in [4.69, 9.17) is 11.6 Å². The van der Waals surface area contributed by atoms with Crippen LogP contribution < -0.4 is 10.6 Å². The van der Waals surface area contributed by atoms with Crippen molar-refractivity contribution in [2.45, 2.75) is 39.8 Å². The number of nitrogens with one attached hydrogen (secondary N) is 2. The molecule has 7 nitrogen and oxygen atoms in total. The van der Waals surface area contributed by atoms with Crippen molar-refractivity contribution < 1.29 is 9.59 Å². The maximum absolute atomic E-state index is 12.7. The number of hydrogen-bond acceptors (Lipinski definition) is 4. The monoisotopic (exact) mass is 425 g/mol. The smallest absolute Gasteiger partial charge is 0.273 e. The summed E-state index contributed by atoms with van der Waals surface area (Å²) in [6.07, 6.45) is 1.67. The van der Waals surface area contributed by atoms with Gasteiger partial charge in [-0.25, -0.2) is 0 Å². The normalized spacial score (nSPS) is 10.8. The van der Waals surface area contributed by atoms with E-state index in [0.717, 1.165) is 11.4 Å². The van der Waals surface area contributed by atoms with Gasteiger partial charge in [-0.2, -0.15) is 5.10 Å². The van der Waals surface area contributed by atoms with Crippen LogP contribution >= 0.6 is 11.6 Å². The molecule has 30 heavy (non-hydrogen) atoms. The van der Waals surface area contributed by atoms with Crippen LogP contribution in [0.25, 0.3) is 0 Å². The van der Waals surface area contributed by atoms with Gasteiger partial charge in [-0.3, -0.25) is 19.3 Å². The molecule has 0 aliphatic carbocycles. The van der Waals surface area contributed by atoms with E-state index in [1.165, 1.54) is 0 Å². The number of amides is 2. The second-order valence-corrected chi connectivity index (χ2v) is 7.48. The number of hydrogen-bond donors (Lipinski definition) is 2. The fraction of sp³-hybridized carbons (Fsp3) is 0.273. The number of pyridine rings is 1. The van der Waals surface area contributed by atoms with Gasteiger partial charge < -0.3 is 10.6 Å². The van der Waals surface area contributed by atoms with Crippen molar-refractivity contribution in [3.8, 4) is 0 Å². The van der Waals surface area contributed by atoms with Gasteiger partial charge in [0, 0.05) is 18.4 Å². The Hall–Kier alpha value is -3.19. The molecule has 3 aromatic rings. The molecular weight excluding hydrogens is 402 g/mol. The zero-order valence-corrected chi connectivity index (χ0v) is 17.9. The number of anilines is 1. The summed E-state index contributed by atoms with van der Waals surface area (Å²) in [5.74, 6) is -0.364. The Labute approximate surface area is 180 Å². The van der Waals surface area contributed by atoms with Crippen molar-refractivity contribution in [3.05, 3.63) is 76.3 Å². The van der Waals surface area contributed by atoms with E-state index >= 15 is 0 Å². The van der Waals surface area contributed by atoms with Crippen LogP contribution in [0.4, 0.5) is 5.69 Å². The predicted octanol–water partition coefficient (Wildman–Crippen LogP) is 4.26. The molecule has 0 spiro atoms. The zero-order valence-electron chi connectivity index (χ0n) is 17.1. The summed E-state index contributed by atoms with van der Waals surface area (Å²) >= 11 is 6.29. The van der Waals surface area contributed by atoms with Crippen LogP contribution in [0.15, 0.2) is 48.7 Å². The second-order valence-electron chi connectivity index (χ2n) is 7.08. The van der Waals surface area contributed by atoms with E-state index in [1.807, 2.05) is 39.0 Å². The number of carbonyl (C=O) groups excluding carboxylic acids is 2. The number of rotatable bonds is 7. The first kappa shape index (κ1) is 21.5. The van der Waals surface area contributed by atoms with Crippen LogP contribution in [0.1, 0.15) is 58.9 Å². The summed E-state index contributed by atoms with van der Waals surface area (Å²) in [7, 11) is 0. The van der Waals surface area contributed by atoms with Crippen LogP contribution in [0.3, 0.4) is 0 Å². The van der Waals surface area contributed by atoms with Crippen LogP contribution in [0, 0.1) is 0 Å². The minimum absolute atomic E-state index is 0.225. The fourth-order valence-corrected chi connectivity index (χ4v) is 3.15. The molecule has 0 fully saturated rings. The standard InChI is InChI=1S/C22H24ClN5O2/c1-4-28-20(12-19(27-28)14(2)3)22(30)26-15-8-9-17(18(23)11-15)21(29)25-13-16-7-5-6-10-24-16/h5-12,14H,4,13H2,1-3H3,(H,25,29)(H,26,30). The highest BCUT2D eigenvalue weighted by molar-refractivity contribution is 6.34. The predicted molar refractivity (Wildman–Crippen MR) is 117 cm³/mol. The average Bonchev–Trinajstić information content (AvgIpc) is 3.18. The van der Waals surface area contributed by atoms with E-state index in [9.17, 15) is 9.59 Å². The summed E-state index contributed by atoms with van der Waals surface area (Å²) in [6, 6.07) is 12.1. The van der Waals surface area contributed by atoms with Crippen LogP contribution in [0.2, 0.25) is 5.02 Å². The minimum atomic E-state index is -0.311. The fourth-order valence-electron chi connectivity index (χ4n) is 2.88. The third-order valence-electron chi connectivity index (χ3n) is 4.55. The lowest BCUT2D eigenvalue weighted by molar-refractivity contribution is 0.0950. The Morgan fingerprint density at radius 2 is 1.93 bits per heavy atom. The molecule has 2 amide bonds. The average molecular weight is 426 g/mol. The van der Waals surface area contributed by atoms with Crippen LogP contribution in [0.5, 0.6) is 0 Å². The van der Waals surface area contributed by atoms with E-state index < -0.39 is 0 Å². The van der Waals surface area contributed by atoms with Crippen molar-refractivity contribution in [2.24, 2.45) is 0 Å². The molecule has 0 atom stereocenters. The molecule has 0 unspecified atom stereocenters. The maximum atomic E-state index is 12.7. The molecule has 8 heteroatoms. The van der Waals surface area contributed by atoms with Gasteiger partial charge >= 0.3 is 0 Å². The Kier molecular flexibility index (Phi) is 6.84. The molecule has 0 aliphatic rings. The first-order valence-corrected chi connectivity index (χ1v) is 10.1. The number of aryl methyl sites for hydroxylation is 1. The molecule has 0 saturated heterocycles. The summed E-state index contributed by atoms with van der Waals surface area (Å²) < 4.78 is 1.67. The van der Waals surface area contributed by atoms with Gasteiger partial charge in [0.15, 0.2) is 0 Å². The highest BCUT2D eigenvalue weighted by atomic mass is 35.5. The SMILES string of the molecule is CCn1nc(C(C)C)cc1C(=O)Nc1ccc(C(=O)NCc2ccccn2)c(Cl)c1. The van der Waals surface area contributed by atoms with Crippen molar-refractivity contribution in [3.63, 3.8) is 0 Å². The van der Waals surface area contributed by atoms with Crippen LogP contribution in [-0.4, -0.2) is 26.6 Å². The quantitative estimate of drug-likeness (QED) is 0.592. The second kappa shape index (κ2) is 9.54. The first-order valence-electron chi connectivity index (χ1n) is 9.75. The Bertz CT molecular complexity index is 1050. The van der Waals surface area contributed by atoms with Crippen molar-refractivity contribution >= 4 is 29.1 Å². The minimum Gasteiger partial charge on any atom is -0.346 e. The Balaban J connectivity index is 1.69. The molecule has 156 valence electrons. The molecule has 2 aromatic heterocycles. The van der Waals surface area contributed by atoms with Gasteiger partial charge in [0.05, 0.1) is 28.5 Å². The van der Waals surface area contributed by atoms with E-state index in [-0.39, 0.29) is 22.8 Å². The molecule has 0 bridgehead atoms. The number of nitrogens with zero attached hydrogens (tertiary/aromatic N) is 3. The summed E-state index contributed by atoms with van der Waals surface area (Å²) in [4.78, 5) is 29.3. The molecule has 2 N–H and O–H groups in total. The Morgan fingerprint density at radius 3 is 2.57 bits per heavy atom. The van der Waals surface area contributed by atoms with E-state index in [2.05, 4.69) is 20.7 Å². The lowest BCUT2D eigenvalue weighted by atomic mass is 10.1. The zero-order chi connectivity index (χ0) is 21.7. The van der Waals surface area contributed by atoms with E-state index in [0.29, 0.717) is 30.0 Å². The Morgan fingerprint density at radius 1 is 1.13 bits per heavy atom. The molecule has 2 heterocycles. The third kappa shape index (κ3) is 5.04. The van der Waals surface area contributed by atoms with Crippen molar-refractivity contribution in [2.75, 3.05) is 5.32 Å². The lowest BCUT2D eigenvalue weighted by Gasteiger charge is -2.10. The molecule has 0 saturated carbocycles. The highest BCUT2D eigenvalue weighted by Crippen LogP contribution is 2.22. The van der Waals surface area contributed by atoms with Crippen molar-refractivity contribution in [1.82, 2.24) is 20.1 Å². The van der Waals surface area contributed by atoms with Gasteiger partial charge in [-0.15, -0.1) is 0 Å². The highest BCUT2D eigenvalue weighted by Gasteiger charge is 2.17. The maximum Gasteiger partial charge on any atom is 0.273 e. The summed E-state index contributed by atoms with van der Waals surface area (Å²) in [6.45, 7) is 6.88. The first-order chi connectivity index (χ1) is 14.4.